The lowest BCUT2D eigenvalue weighted by Crippen LogP contribution is -2.33. The van der Waals surface area contributed by atoms with Crippen LogP contribution in [0.3, 0.4) is 0 Å². The number of hydrogen-bond acceptors (Lipinski definition) is 2. The molecule has 1 saturated heterocycles. The van der Waals surface area contributed by atoms with Crippen molar-refractivity contribution in [3.8, 4) is 0 Å². The SMILES string of the molecule is CCCNC(CCN1CCCCC1)c1ccc(Br)cc1. The fourth-order valence-electron chi connectivity index (χ4n) is 2.89. The molecule has 1 aromatic rings. The molecule has 1 aliphatic rings. The second kappa shape index (κ2) is 8.81. The summed E-state index contributed by atoms with van der Waals surface area (Å²) in [6.07, 6.45) is 6.58. The number of likely N-dealkylation sites (tertiary alicyclic amines) is 1. The van der Waals surface area contributed by atoms with Gasteiger partial charge in [-0.15, -0.1) is 0 Å². The molecule has 1 aliphatic heterocycles. The summed E-state index contributed by atoms with van der Waals surface area (Å²) >= 11 is 3.52. The van der Waals surface area contributed by atoms with E-state index in [9.17, 15) is 0 Å². The second-order valence-corrected chi connectivity index (χ2v) is 6.66. The first-order chi connectivity index (χ1) is 9.79. The van der Waals surface area contributed by atoms with Crippen LogP contribution in [0.2, 0.25) is 0 Å². The summed E-state index contributed by atoms with van der Waals surface area (Å²) in [4.78, 5) is 2.63. The number of halogens is 1. The van der Waals surface area contributed by atoms with E-state index < -0.39 is 0 Å². The molecule has 1 unspecified atom stereocenters. The van der Waals surface area contributed by atoms with Gasteiger partial charge in [0, 0.05) is 10.5 Å². The van der Waals surface area contributed by atoms with E-state index in [-0.39, 0.29) is 0 Å². The van der Waals surface area contributed by atoms with Gasteiger partial charge in [0.15, 0.2) is 0 Å². The summed E-state index contributed by atoms with van der Waals surface area (Å²) in [5.41, 5.74) is 1.42. The number of piperidine rings is 1. The van der Waals surface area contributed by atoms with Crippen LogP contribution < -0.4 is 5.32 Å². The molecule has 3 heteroatoms. The van der Waals surface area contributed by atoms with E-state index in [1.165, 1.54) is 57.3 Å². The third-order valence-electron chi connectivity index (χ3n) is 4.10. The Labute approximate surface area is 132 Å². The highest BCUT2D eigenvalue weighted by Gasteiger charge is 2.14. The van der Waals surface area contributed by atoms with Crippen LogP contribution in [0.1, 0.15) is 50.6 Å². The maximum atomic E-state index is 3.70. The summed E-state index contributed by atoms with van der Waals surface area (Å²) in [5, 5.41) is 3.70. The van der Waals surface area contributed by atoms with Crippen molar-refractivity contribution in [1.29, 1.82) is 0 Å². The smallest absolute Gasteiger partial charge is 0.0332 e. The van der Waals surface area contributed by atoms with Crippen molar-refractivity contribution < 1.29 is 0 Å². The molecule has 1 heterocycles. The average molecular weight is 339 g/mol. The summed E-state index contributed by atoms with van der Waals surface area (Å²) < 4.78 is 1.16. The quantitative estimate of drug-likeness (QED) is 0.794. The number of nitrogens with zero attached hydrogens (tertiary/aromatic N) is 1. The fraction of sp³-hybridized carbons (Fsp3) is 0.647. The average Bonchev–Trinajstić information content (AvgIpc) is 2.50. The molecule has 0 aliphatic carbocycles. The fourth-order valence-corrected chi connectivity index (χ4v) is 3.16. The van der Waals surface area contributed by atoms with Crippen molar-refractivity contribution in [3.05, 3.63) is 34.3 Å². The van der Waals surface area contributed by atoms with Gasteiger partial charge in [0.1, 0.15) is 0 Å². The summed E-state index contributed by atoms with van der Waals surface area (Å²) in [6, 6.07) is 9.28. The molecule has 20 heavy (non-hydrogen) atoms. The Bertz CT molecular complexity index is 371. The lowest BCUT2D eigenvalue weighted by atomic mass is 10.0. The van der Waals surface area contributed by atoms with Gasteiger partial charge in [-0.1, -0.05) is 41.4 Å². The molecule has 1 N–H and O–H groups in total. The van der Waals surface area contributed by atoms with Crippen LogP contribution in [-0.4, -0.2) is 31.1 Å². The van der Waals surface area contributed by atoms with Crippen LogP contribution in [0.4, 0.5) is 0 Å². The number of benzene rings is 1. The molecule has 1 atom stereocenters. The van der Waals surface area contributed by atoms with Crippen molar-refractivity contribution in [3.63, 3.8) is 0 Å². The second-order valence-electron chi connectivity index (χ2n) is 5.75. The van der Waals surface area contributed by atoms with Gasteiger partial charge < -0.3 is 10.2 Å². The van der Waals surface area contributed by atoms with Crippen LogP contribution in [0.25, 0.3) is 0 Å². The third-order valence-corrected chi connectivity index (χ3v) is 4.62. The Morgan fingerprint density at radius 2 is 1.85 bits per heavy atom. The molecule has 2 rings (SSSR count). The van der Waals surface area contributed by atoms with Crippen molar-refractivity contribution in [2.24, 2.45) is 0 Å². The van der Waals surface area contributed by atoms with E-state index in [1.807, 2.05) is 0 Å². The van der Waals surface area contributed by atoms with Crippen LogP contribution in [0.5, 0.6) is 0 Å². The molecule has 1 fully saturated rings. The number of nitrogens with one attached hydrogen (secondary N) is 1. The highest BCUT2D eigenvalue weighted by molar-refractivity contribution is 9.10. The van der Waals surface area contributed by atoms with Crippen molar-refractivity contribution >= 4 is 15.9 Å². The minimum atomic E-state index is 0.491. The standard InChI is InChI=1S/C17H27BrN2/c1-2-11-19-17(15-6-8-16(18)9-7-15)10-14-20-12-4-3-5-13-20/h6-9,17,19H,2-5,10-14H2,1H3. The largest absolute Gasteiger partial charge is 0.310 e. The Kier molecular flexibility index (Phi) is 7.05. The van der Waals surface area contributed by atoms with Gasteiger partial charge in [0.25, 0.3) is 0 Å². The molecular formula is C17H27BrN2. The molecule has 0 spiro atoms. The minimum absolute atomic E-state index is 0.491. The van der Waals surface area contributed by atoms with Gasteiger partial charge in [-0.25, -0.2) is 0 Å². The van der Waals surface area contributed by atoms with Gasteiger partial charge in [-0.3, -0.25) is 0 Å². The monoisotopic (exact) mass is 338 g/mol. The lowest BCUT2D eigenvalue weighted by Gasteiger charge is -2.28. The molecule has 112 valence electrons. The molecule has 1 aromatic carbocycles. The Hall–Kier alpha value is -0.380. The normalized spacial score (nSPS) is 18.1. The zero-order valence-corrected chi connectivity index (χ0v) is 14.2. The van der Waals surface area contributed by atoms with E-state index in [0.29, 0.717) is 6.04 Å². The minimum Gasteiger partial charge on any atom is -0.310 e. The van der Waals surface area contributed by atoms with Crippen molar-refractivity contribution in [2.75, 3.05) is 26.2 Å². The Balaban J connectivity index is 1.90. The highest BCUT2D eigenvalue weighted by Crippen LogP contribution is 2.21. The lowest BCUT2D eigenvalue weighted by molar-refractivity contribution is 0.217. The van der Waals surface area contributed by atoms with Gasteiger partial charge in [0.05, 0.1) is 0 Å². The molecular weight excluding hydrogens is 312 g/mol. The van der Waals surface area contributed by atoms with Crippen molar-refractivity contribution in [2.45, 2.75) is 45.1 Å². The number of hydrogen-bond donors (Lipinski definition) is 1. The van der Waals surface area contributed by atoms with Crippen LogP contribution >= 0.6 is 15.9 Å². The van der Waals surface area contributed by atoms with Gasteiger partial charge in [0.2, 0.25) is 0 Å². The van der Waals surface area contributed by atoms with Crippen LogP contribution in [0.15, 0.2) is 28.7 Å². The van der Waals surface area contributed by atoms with Gasteiger partial charge in [-0.2, -0.15) is 0 Å². The molecule has 0 radical (unpaired) electrons. The molecule has 0 aromatic heterocycles. The van der Waals surface area contributed by atoms with Crippen LogP contribution in [-0.2, 0) is 0 Å². The zero-order chi connectivity index (χ0) is 14.2. The zero-order valence-electron chi connectivity index (χ0n) is 12.6. The predicted octanol–water partition coefficient (Wildman–Crippen LogP) is 4.37. The first kappa shape index (κ1) is 16.0. The van der Waals surface area contributed by atoms with E-state index in [4.69, 9.17) is 0 Å². The molecule has 0 amide bonds. The molecule has 2 nitrogen and oxygen atoms in total. The molecule has 0 saturated carbocycles. The van der Waals surface area contributed by atoms with Gasteiger partial charge >= 0.3 is 0 Å². The first-order valence-corrected chi connectivity index (χ1v) is 8.80. The van der Waals surface area contributed by atoms with Gasteiger partial charge in [-0.05, 0) is 69.6 Å². The summed E-state index contributed by atoms with van der Waals surface area (Å²) in [5.74, 6) is 0. The van der Waals surface area contributed by atoms with Crippen molar-refractivity contribution in [1.82, 2.24) is 10.2 Å². The first-order valence-electron chi connectivity index (χ1n) is 8.01. The Morgan fingerprint density at radius 3 is 2.50 bits per heavy atom. The predicted molar refractivity (Wildman–Crippen MR) is 90.1 cm³/mol. The third kappa shape index (κ3) is 5.19. The van der Waals surface area contributed by atoms with Crippen LogP contribution in [0, 0.1) is 0 Å². The summed E-state index contributed by atoms with van der Waals surface area (Å²) in [7, 11) is 0. The Morgan fingerprint density at radius 1 is 1.15 bits per heavy atom. The van der Waals surface area contributed by atoms with E-state index in [2.05, 4.69) is 57.3 Å². The number of rotatable bonds is 7. The van der Waals surface area contributed by atoms with E-state index >= 15 is 0 Å². The summed E-state index contributed by atoms with van der Waals surface area (Å²) in [6.45, 7) is 7.14. The topological polar surface area (TPSA) is 15.3 Å². The highest BCUT2D eigenvalue weighted by atomic mass is 79.9. The van der Waals surface area contributed by atoms with E-state index in [1.54, 1.807) is 0 Å². The maximum Gasteiger partial charge on any atom is 0.0332 e. The maximum absolute atomic E-state index is 3.70. The molecule has 0 bridgehead atoms. The van der Waals surface area contributed by atoms with E-state index in [0.717, 1.165) is 11.0 Å².